The molecule has 182 valence electrons. The number of halogens is 1. The number of ether oxygens (including phenoxy) is 1. The molecule has 0 bridgehead atoms. The maximum atomic E-state index is 13.1. The van der Waals surface area contributed by atoms with Crippen LogP contribution in [0.25, 0.3) is 0 Å². The number of rotatable bonds is 5. The van der Waals surface area contributed by atoms with Crippen molar-refractivity contribution in [1.82, 2.24) is 24.7 Å². The lowest BCUT2D eigenvalue weighted by Gasteiger charge is -2.26. The Bertz CT molecular complexity index is 1160. The van der Waals surface area contributed by atoms with E-state index in [1.807, 2.05) is 0 Å². The topological polar surface area (TPSA) is 134 Å². The normalized spacial score (nSPS) is 17.5. The predicted molar refractivity (Wildman–Crippen MR) is 117 cm³/mol. The van der Waals surface area contributed by atoms with Gasteiger partial charge >= 0.3 is 11.8 Å². The van der Waals surface area contributed by atoms with Gasteiger partial charge in [-0.25, -0.2) is 9.37 Å². The van der Waals surface area contributed by atoms with E-state index >= 15 is 0 Å². The summed E-state index contributed by atoms with van der Waals surface area (Å²) in [4.78, 5) is 57.1. The number of nitrogens with zero attached hydrogens (tertiary/aromatic N) is 4. The zero-order valence-electron chi connectivity index (χ0n) is 19.2. The first kappa shape index (κ1) is 24.8. The van der Waals surface area contributed by atoms with Crippen LogP contribution in [0.4, 0.5) is 4.39 Å². The second-order valence-electron chi connectivity index (χ2n) is 8.11. The van der Waals surface area contributed by atoms with Crippen LogP contribution in [0.1, 0.15) is 34.3 Å². The van der Waals surface area contributed by atoms with Crippen molar-refractivity contribution in [2.45, 2.75) is 25.1 Å². The fourth-order valence-electron chi connectivity index (χ4n) is 3.68. The Balaban J connectivity index is 1.95. The first-order chi connectivity index (χ1) is 16.0. The van der Waals surface area contributed by atoms with Gasteiger partial charge in [-0.15, -0.1) is 0 Å². The standard InChI is InChI=1S/C22H26FN5O6/c1-26(2)21(32)22(33)28-11-14(34-4)9-15(28)18-25-16(17(29)20(31)27(18)3)19(30)24-10-12-5-7-13(23)8-6-12/h5-8,14-15,29H,9-11H2,1-4H3,(H,24,30)/t14-,15-/m1/s1. The molecule has 0 spiro atoms. The van der Waals surface area contributed by atoms with Crippen LogP contribution in [0, 0.1) is 5.82 Å². The van der Waals surface area contributed by atoms with E-state index in [1.165, 1.54) is 57.4 Å². The Morgan fingerprint density at radius 3 is 2.50 bits per heavy atom. The second-order valence-corrected chi connectivity index (χ2v) is 8.11. The largest absolute Gasteiger partial charge is 0.501 e. The van der Waals surface area contributed by atoms with Gasteiger partial charge in [0.15, 0.2) is 5.69 Å². The van der Waals surface area contributed by atoms with Crippen LogP contribution in [0.2, 0.25) is 0 Å². The van der Waals surface area contributed by atoms with Gasteiger partial charge in [0.25, 0.3) is 11.5 Å². The lowest BCUT2D eigenvalue weighted by molar-refractivity contribution is -0.151. The summed E-state index contributed by atoms with van der Waals surface area (Å²) in [6.45, 7) is 0.0876. The number of likely N-dealkylation sites (tertiary alicyclic amines) is 1. The van der Waals surface area contributed by atoms with Gasteiger partial charge in [-0.2, -0.15) is 0 Å². The van der Waals surface area contributed by atoms with Crippen LogP contribution in [-0.2, 0) is 27.9 Å². The van der Waals surface area contributed by atoms with E-state index in [1.54, 1.807) is 0 Å². The van der Waals surface area contributed by atoms with Crippen LogP contribution in [0.15, 0.2) is 29.1 Å². The Labute approximate surface area is 194 Å². The molecule has 0 unspecified atom stereocenters. The Morgan fingerprint density at radius 2 is 1.91 bits per heavy atom. The zero-order valence-corrected chi connectivity index (χ0v) is 19.2. The number of aromatic nitrogens is 2. The molecule has 1 saturated heterocycles. The molecule has 0 saturated carbocycles. The third-order valence-corrected chi connectivity index (χ3v) is 5.63. The minimum absolute atomic E-state index is 0.00189. The van der Waals surface area contributed by atoms with Crippen molar-refractivity contribution >= 4 is 17.7 Å². The summed E-state index contributed by atoms with van der Waals surface area (Å²) in [6, 6.07) is 4.59. The lowest BCUT2D eigenvalue weighted by atomic mass is 10.1. The first-order valence-electron chi connectivity index (χ1n) is 10.4. The van der Waals surface area contributed by atoms with E-state index in [0.717, 1.165) is 9.47 Å². The van der Waals surface area contributed by atoms with Crippen molar-refractivity contribution in [3.8, 4) is 5.75 Å². The number of hydrogen-bond donors (Lipinski definition) is 2. The SMILES string of the molecule is CO[C@@H]1C[C@H](c2nc(C(=O)NCc3ccc(F)cc3)c(O)c(=O)n2C)N(C(=O)C(=O)N(C)C)C1. The van der Waals surface area contributed by atoms with E-state index in [0.29, 0.717) is 5.56 Å². The van der Waals surface area contributed by atoms with E-state index in [9.17, 15) is 28.7 Å². The summed E-state index contributed by atoms with van der Waals surface area (Å²) in [5.74, 6) is -3.66. The van der Waals surface area contributed by atoms with Gasteiger partial charge in [0.1, 0.15) is 11.6 Å². The van der Waals surface area contributed by atoms with Gasteiger partial charge in [0, 0.05) is 47.8 Å². The Kier molecular flexibility index (Phi) is 7.30. The number of carbonyl (C=O) groups is 3. The number of amides is 3. The Morgan fingerprint density at radius 1 is 1.26 bits per heavy atom. The van der Waals surface area contributed by atoms with Crippen molar-refractivity contribution in [3.63, 3.8) is 0 Å². The van der Waals surface area contributed by atoms with Crippen molar-refractivity contribution in [1.29, 1.82) is 0 Å². The molecule has 34 heavy (non-hydrogen) atoms. The molecule has 2 atom stereocenters. The molecule has 12 heteroatoms. The zero-order chi connectivity index (χ0) is 25.2. The number of likely N-dealkylation sites (N-methyl/N-ethyl adjacent to an activating group) is 1. The summed E-state index contributed by atoms with van der Waals surface area (Å²) in [5.41, 5.74) is -0.812. The number of hydrogen-bond acceptors (Lipinski definition) is 7. The first-order valence-corrected chi connectivity index (χ1v) is 10.4. The number of benzene rings is 1. The third kappa shape index (κ3) is 4.91. The summed E-state index contributed by atoms with van der Waals surface area (Å²) in [7, 11) is 5.69. The molecule has 1 aromatic carbocycles. The molecule has 1 aromatic heterocycles. The highest BCUT2D eigenvalue weighted by Crippen LogP contribution is 2.32. The summed E-state index contributed by atoms with van der Waals surface area (Å²) in [5, 5.41) is 12.8. The van der Waals surface area contributed by atoms with Gasteiger partial charge < -0.3 is 25.0 Å². The van der Waals surface area contributed by atoms with Crippen molar-refractivity contribution < 1.29 is 28.6 Å². The molecular weight excluding hydrogens is 449 g/mol. The van der Waals surface area contributed by atoms with E-state index in [2.05, 4.69) is 10.3 Å². The number of aromatic hydroxyl groups is 1. The molecule has 1 aliphatic rings. The fraction of sp³-hybridized carbons (Fsp3) is 0.409. The highest BCUT2D eigenvalue weighted by Gasteiger charge is 2.41. The van der Waals surface area contributed by atoms with E-state index < -0.39 is 52.7 Å². The van der Waals surface area contributed by atoms with Crippen LogP contribution in [0.3, 0.4) is 0 Å². The van der Waals surface area contributed by atoms with E-state index in [4.69, 9.17) is 4.74 Å². The molecular formula is C22H26FN5O6. The molecule has 2 heterocycles. The molecule has 11 nitrogen and oxygen atoms in total. The van der Waals surface area contributed by atoms with Crippen molar-refractivity contribution in [3.05, 3.63) is 57.5 Å². The monoisotopic (exact) mass is 475 g/mol. The quantitative estimate of drug-likeness (QED) is 0.578. The average molecular weight is 475 g/mol. The number of methoxy groups -OCH3 is 1. The molecule has 2 aromatic rings. The minimum atomic E-state index is -0.885. The highest BCUT2D eigenvalue weighted by molar-refractivity contribution is 6.34. The molecule has 0 radical (unpaired) electrons. The van der Waals surface area contributed by atoms with Gasteiger partial charge in [-0.1, -0.05) is 12.1 Å². The van der Waals surface area contributed by atoms with Crippen molar-refractivity contribution in [2.75, 3.05) is 27.7 Å². The van der Waals surface area contributed by atoms with Crippen LogP contribution >= 0.6 is 0 Å². The van der Waals surface area contributed by atoms with Crippen molar-refractivity contribution in [2.24, 2.45) is 7.05 Å². The van der Waals surface area contributed by atoms with Crippen LogP contribution in [-0.4, -0.2) is 76.0 Å². The molecule has 1 fully saturated rings. The molecule has 2 N–H and O–H groups in total. The van der Waals surface area contributed by atoms with Crippen LogP contribution < -0.4 is 10.9 Å². The minimum Gasteiger partial charge on any atom is -0.501 e. The summed E-state index contributed by atoms with van der Waals surface area (Å²) < 4.78 is 19.5. The fourth-order valence-corrected chi connectivity index (χ4v) is 3.68. The van der Waals surface area contributed by atoms with E-state index in [-0.39, 0.29) is 25.3 Å². The number of carbonyl (C=O) groups excluding carboxylic acids is 3. The van der Waals surface area contributed by atoms with Crippen LogP contribution in [0.5, 0.6) is 5.75 Å². The third-order valence-electron chi connectivity index (χ3n) is 5.63. The molecule has 0 aliphatic carbocycles. The maximum Gasteiger partial charge on any atom is 0.312 e. The molecule has 3 amide bonds. The summed E-state index contributed by atoms with van der Waals surface area (Å²) in [6.07, 6.45) is -0.199. The van der Waals surface area contributed by atoms with Gasteiger partial charge in [0.2, 0.25) is 5.75 Å². The Hall–Kier alpha value is -3.80. The lowest BCUT2D eigenvalue weighted by Crippen LogP contribution is -2.44. The van der Waals surface area contributed by atoms with Gasteiger partial charge in [-0.3, -0.25) is 23.7 Å². The predicted octanol–water partition coefficient (Wildman–Crippen LogP) is -0.0684. The highest BCUT2D eigenvalue weighted by atomic mass is 19.1. The average Bonchev–Trinajstić information content (AvgIpc) is 3.25. The summed E-state index contributed by atoms with van der Waals surface area (Å²) >= 11 is 0. The van der Waals surface area contributed by atoms with Gasteiger partial charge in [-0.05, 0) is 17.7 Å². The molecule has 1 aliphatic heterocycles. The van der Waals surface area contributed by atoms with Gasteiger partial charge in [0.05, 0.1) is 12.1 Å². The molecule has 3 rings (SSSR count). The number of nitrogens with one attached hydrogen (secondary N) is 1. The maximum absolute atomic E-state index is 13.1. The second kappa shape index (κ2) is 10.00. The smallest absolute Gasteiger partial charge is 0.312 e.